The Morgan fingerprint density at radius 2 is 1.00 bits per heavy atom. The van der Waals surface area contributed by atoms with Crippen LogP contribution in [0.5, 0.6) is 0 Å². The molecule has 9 heteroatoms. The zero-order valence-corrected chi connectivity index (χ0v) is 6.84. The minimum absolute atomic E-state index is 0. The molecule has 0 N–H and O–H groups in total. The van der Waals surface area contributed by atoms with Crippen molar-refractivity contribution in [1.82, 2.24) is 0 Å². The van der Waals surface area contributed by atoms with Gasteiger partial charge >= 0.3 is 54.8 Å². The van der Waals surface area contributed by atoms with Crippen LogP contribution in [0.1, 0.15) is 0 Å². The summed E-state index contributed by atoms with van der Waals surface area (Å²) in [5.41, 5.74) is 0. The Balaban J connectivity index is -0.0000000133. The largest absolute Gasteiger partial charge is 3.00 e. The first kappa shape index (κ1) is 30.9. The normalized spacial score (nSPS) is 6.56. The van der Waals surface area contributed by atoms with Crippen LogP contribution in [-0.4, -0.2) is 0 Å². The molecule has 0 rings (SSSR count). The molecule has 0 aliphatic heterocycles. The summed E-state index contributed by atoms with van der Waals surface area (Å²) in [6.07, 6.45) is 0. The maximum absolute atomic E-state index is 8.55. The van der Waals surface area contributed by atoms with Crippen molar-refractivity contribution in [3.8, 4) is 0 Å². The van der Waals surface area contributed by atoms with E-state index in [4.69, 9.17) is 19.2 Å². The van der Waals surface area contributed by atoms with Crippen LogP contribution in [-0.2, 0) is 27.1 Å². The summed E-state index contributed by atoms with van der Waals surface area (Å²) in [5, 5.41) is 0. The molecule has 0 saturated carbocycles. The van der Waals surface area contributed by atoms with Gasteiger partial charge in [0.15, 0.2) is 0 Å². The second-order valence-electron chi connectivity index (χ2n) is 0.447. The van der Waals surface area contributed by atoms with Crippen LogP contribution in [0, 0.1) is 0 Å². The van der Waals surface area contributed by atoms with Gasteiger partial charge in [0.1, 0.15) is 0 Å². The predicted molar refractivity (Wildman–Crippen MR) is 8.29 cm³/mol. The van der Waals surface area contributed by atoms with E-state index in [2.05, 4.69) is 0 Å². The van der Waals surface area contributed by atoms with Gasteiger partial charge in [-0.3, -0.25) is 0 Å². The smallest absolute Gasteiger partial charge is 2.00 e. The fraction of sp³-hybridized carbons (Fsp3) is 0. The molecule has 0 aliphatic rings. The van der Waals surface area contributed by atoms with Crippen molar-refractivity contribution < 1.29 is 79.5 Å². The molecule has 0 bridgehead atoms. The molecule has 45 valence electrons. The number of hydrogen-bond donors (Lipinski definition) is 0. The Morgan fingerprint density at radius 1 is 1.00 bits per heavy atom. The maximum Gasteiger partial charge on any atom is 3.00 e. The fourth-order valence-electron chi connectivity index (χ4n) is 0. The average molecular weight is 181 g/mol. The Morgan fingerprint density at radius 3 is 1.00 bits per heavy atom. The van der Waals surface area contributed by atoms with E-state index in [-0.39, 0.29) is 60.3 Å². The standard InChI is InChI=1S/Fe.2Li.H3O4P.O/c;;;1-5(2,3)4;/h;;;(H3,1,2,3,4);/q+3;2*+1;;-2/p-3. The van der Waals surface area contributed by atoms with E-state index in [1.165, 1.54) is 0 Å². The van der Waals surface area contributed by atoms with Crippen molar-refractivity contribution >= 4 is 7.82 Å². The topological polar surface area (TPSA) is 115 Å². The van der Waals surface area contributed by atoms with Crippen molar-refractivity contribution in [2.24, 2.45) is 0 Å². The van der Waals surface area contributed by atoms with Crippen molar-refractivity contribution in [1.29, 1.82) is 0 Å². The number of phosphoric acid groups is 1. The second kappa shape index (κ2) is 12.5. The third-order valence-electron chi connectivity index (χ3n) is 0. The van der Waals surface area contributed by atoms with Crippen LogP contribution < -0.4 is 52.4 Å². The van der Waals surface area contributed by atoms with Crippen LogP contribution in [0.4, 0.5) is 0 Å². The van der Waals surface area contributed by atoms with Crippen molar-refractivity contribution in [3.63, 3.8) is 0 Å². The molecule has 0 amide bonds. The quantitative estimate of drug-likeness (QED) is 0.272. The third kappa shape index (κ3) is 186. The Hall–Kier alpha value is 1.78. The van der Waals surface area contributed by atoms with Crippen LogP contribution in [0.2, 0.25) is 0 Å². The summed E-state index contributed by atoms with van der Waals surface area (Å²) in [6.45, 7) is 0. The third-order valence-corrected chi connectivity index (χ3v) is 0. The van der Waals surface area contributed by atoms with Crippen molar-refractivity contribution in [3.05, 3.63) is 0 Å². The maximum atomic E-state index is 8.55. The van der Waals surface area contributed by atoms with Crippen LogP contribution >= 0.6 is 7.82 Å². The SMILES string of the molecule is O=P([O-])([O-])[O-].[Fe+3].[Li+].[Li+].[O-2]. The van der Waals surface area contributed by atoms with Gasteiger partial charge in [-0.2, -0.15) is 7.82 Å². The van der Waals surface area contributed by atoms with E-state index in [1.807, 2.05) is 0 Å². The van der Waals surface area contributed by atoms with Gasteiger partial charge in [-0.15, -0.1) is 0 Å². The number of rotatable bonds is 0. The first-order valence-electron chi connectivity index (χ1n) is 0.730. The molecule has 0 unspecified atom stereocenters. The molecule has 0 heterocycles. The van der Waals surface area contributed by atoms with Crippen molar-refractivity contribution in [2.45, 2.75) is 0 Å². The Bertz CT molecular complexity index is 61.1. The van der Waals surface area contributed by atoms with E-state index in [0.717, 1.165) is 0 Å². The van der Waals surface area contributed by atoms with Gasteiger partial charge in [-0.05, 0) is 0 Å². The zero-order chi connectivity index (χ0) is 4.50. The summed E-state index contributed by atoms with van der Waals surface area (Å²) in [7, 11) is -5.39. The van der Waals surface area contributed by atoms with E-state index in [9.17, 15) is 0 Å². The summed E-state index contributed by atoms with van der Waals surface area (Å²) in [6, 6.07) is 0. The fourth-order valence-corrected chi connectivity index (χ4v) is 0. The van der Waals surface area contributed by atoms with Gasteiger partial charge < -0.3 is 24.7 Å². The molecular formula is FeLi2O5P. The van der Waals surface area contributed by atoms with Gasteiger partial charge in [0.25, 0.3) is 0 Å². The molecule has 0 atom stereocenters. The molecule has 9 heavy (non-hydrogen) atoms. The summed E-state index contributed by atoms with van der Waals surface area (Å²) in [5.74, 6) is 0. The second-order valence-corrected chi connectivity index (χ2v) is 1.34. The Kier molecular flexibility index (Phi) is 42.7. The minimum Gasteiger partial charge on any atom is -2.00 e. The molecule has 0 saturated heterocycles. The molecule has 0 fully saturated rings. The van der Waals surface area contributed by atoms with Gasteiger partial charge in [-0.25, -0.2) is 0 Å². The van der Waals surface area contributed by atoms with Crippen LogP contribution in [0.3, 0.4) is 0 Å². The minimum atomic E-state index is -5.39. The average Bonchev–Trinajstić information content (AvgIpc) is 0.722. The molecule has 5 nitrogen and oxygen atoms in total. The predicted octanol–water partition coefficient (Wildman–Crippen LogP) is -8.94. The first-order chi connectivity index (χ1) is 2.00. The number of hydrogen-bond acceptors (Lipinski definition) is 4. The van der Waals surface area contributed by atoms with Crippen LogP contribution in [0.25, 0.3) is 0 Å². The van der Waals surface area contributed by atoms with E-state index in [1.54, 1.807) is 0 Å². The van der Waals surface area contributed by atoms with E-state index >= 15 is 0 Å². The molecular weight excluding hydrogens is 181 g/mol. The first-order valence-corrected chi connectivity index (χ1v) is 2.19. The van der Waals surface area contributed by atoms with Gasteiger partial charge in [0.05, 0.1) is 0 Å². The summed E-state index contributed by atoms with van der Waals surface area (Å²) < 4.78 is 8.55. The Labute approximate surface area is 87.0 Å². The molecule has 1 radical (unpaired) electrons. The summed E-state index contributed by atoms with van der Waals surface area (Å²) in [4.78, 5) is 25.6. The van der Waals surface area contributed by atoms with E-state index < -0.39 is 7.82 Å². The van der Waals surface area contributed by atoms with E-state index in [0.29, 0.717) is 0 Å². The van der Waals surface area contributed by atoms with Gasteiger partial charge in [0.2, 0.25) is 0 Å². The molecule has 0 aromatic rings. The molecule has 0 aromatic heterocycles. The van der Waals surface area contributed by atoms with Crippen LogP contribution in [0.15, 0.2) is 0 Å². The van der Waals surface area contributed by atoms with Gasteiger partial charge in [0, 0.05) is 0 Å². The summed E-state index contributed by atoms with van der Waals surface area (Å²) >= 11 is 0. The van der Waals surface area contributed by atoms with Gasteiger partial charge in [-0.1, -0.05) is 0 Å². The molecule has 0 aliphatic carbocycles. The van der Waals surface area contributed by atoms with Crippen molar-refractivity contribution in [2.75, 3.05) is 0 Å². The zero-order valence-electron chi connectivity index (χ0n) is 4.84. The molecule has 0 aromatic carbocycles. The monoisotopic (exact) mass is 181 g/mol. The molecule has 0 spiro atoms.